The number of rotatable bonds is 5. The molecule has 4 nitrogen and oxygen atoms in total. The van der Waals surface area contributed by atoms with E-state index in [1.54, 1.807) is 0 Å². The van der Waals surface area contributed by atoms with E-state index in [0.29, 0.717) is 0 Å². The van der Waals surface area contributed by atoms with Crippen molar-refractivity contribution in [2.75, 3.05) is 26.8 Å². The Hall–Kier alpha value is -1.26. The van der Waals surface area contributed by atoms with Crippen molar-refractivity contribution in [2.24, 2.45) is 0 Å². The monoisotopic (exact) mass is 264 g/mol. The van der Waals surface area contributed by atoms with Gasteiger partial charge in [-0.25, -0.2) is 0 Å². The quantitative estimate of drug-likeness (QED) is 0.853. The molecule has 0 amide bonds. The van der Waals surface area contributed by atoms with Crippen LogP contribution in [-0.4, -0.2) is 32.3 Å². The van der Waals surface area contributed by atoms with E-state index in [1.165, 1.54) is 5.56 Å². The van der Waals surface area contributed by atoms with Crippen LogP contribution in [0, 0.1) is 0 Å². The highest BCUT2D eigenvalue weighted by molar-refractivity contribution is 5.43. The zero-order chi connectivity index (χ0) is 13.7. The summed E-state index contributed by atoms with van der Waals surface area (Å²) < 4.78 is 11.3. The van der Waals surface area contributed by atoms with Crippen LogP contribution < -0.4 is 20.1 Å². The predicted octanol–water partition coefficient (Wildman–Crippen LogP) is 1.94. The molecule has 1 aliphatic rings. The summed E-state index contributed by atoms with van der Waals surface area (Å²) in [7, 11) is 1.98. The van der Waals surface area contributed by atoms with E-state index < -0.39 is 0 Å². The summed E-state index contributed by atoms with van der Waals surface area (Å²) >= 11 is 0. The van der Waals surface area contributed by atoms with Gasteiger partial charge in [0.25, 0.3) is 0 Å². The first kappa shape index (κ1) is 14.2. The molecule has 0 saturated heterocycles. The maximum absolute atomic E-state index is 5.69. The van der Waals surface area contributed by atoms with Gasteiger partial charge in [0.05, 0.1) is 13.2 Å². The summed E-state index contributed by atoms with van der Waals surface area (Å²) in [6.45, 7) is 7.57. The molecule has 1 aromatic rings. The van der Waals surface area contributed by atoms with Crippen molar-refractivity contribution in [3.8, 4) is 11.5 Å². The topological polar surface area (TPSA) is 42.5 Å². The van der Waals surface area contributed by atoms with Gasteiger partial charge in [-0.15, -0.1) is 0 Å². The minimum Gasteiger partial charge on any atom is -0.490 e. The maximum Gasteiger partial charge on any atom is 0.161 e. The second-order valence-corrected chi connectivity index (χ2v) is 5.57. The first-order chi connectivity index (χ1) is 9.11. The Bertz CT molecular complexity index is 419. The Morgan fingerprint density at radius 3 is 2.63 bits per heavy atom. The van der Waals surface area contributed by atoms with Crippen molar-refractivity contribution in [3.05, 3.63) is 23.8 Å². The normalized spacial score (nSPS) is 15.1. The number of benzene rings is 1. The summed E-state index contributed by atoms with van der Waals surface area (Å²) in [5, 5.41) is 6.74. The van der Waals surface area contributed by atoms with Crippen molar-refractivity contribution in [1.82, 2.24) is 10.6 Å². The van der Waals surface area contributed by atoms with Crippen LogP contribution in [0.3, 0.4) is 0 Å². The number of nitrogens with one attached hydrogen (secondary N) is 2. The molecule has 4 heteroatoms. The Balaban J connectivity index is 1.93. The van der Waals surface area contributed by atoms with E-state index in [1.807, 2.05) is 13.1 Å². The molecule has 1 aromatic carbocycles. The predicted molar refractivity (Wildman–Crippen MR) is 76.9 cm³/mol. The third-order valence-electron chi connectivity index (χ3n) is 3.38. The van der Waals surface area contributed by atoms with E-state index in [0.717, 1.165) is 44.2 Å². The average molecular weight is 264 g/mol. The van der Waals surface area contributed by atoms with Gasteiger partial charge in [0.2, 0.25) is 0 Å². The summed E-state index contributed by atoms with van der Waals surface area (Å²) in [5.74, 6) is 1.72. The van der Waals surface area contributed by atoms with Crippen LogP contribution in [0.15, 0.2) is 18.2 Å². The van der Waals surface area contributed by atoms with Crippen molar-refractivity contribution >= 4 is 0 Å². The summed E-state index contributed by atoms with van der Waals surface area (Å²) in [4.78, 5) is 0. The van der Waals surface area contributed by atoms with Crippen molar-refractivity contribution in [2.45, 2.75) is 32.4 Å². The zero-order valence-corrected chi connectivity index (χ0v) is 12.1. The van der Waals surface area contributed by atoms with Crippen LogP contribution in [0.2, 0.25) is 0 Å². The van der Waals surface area contributed by atoms with E-state index in [4.69, 9.17) is 9.47 Å². The summed E-state index contributed by atoms with van der Waals surface area (Å²) in [6.07, 6.45) is 0.943. The SMILES string of the molecule is CNC(C)(C)CNCc1ccc2c(c1)OCCCO2. The molecule has 0 bridgehead atoms. The lowest BCUT2D eigenvalue weighted by molar-refractivity contribution is 0.297. The number of hydrogen-bond acceptors (Lipinski definition) is 4. The van der Waals surface area contributed by atoms with Crippen LogP contribution >= 0.6 is 0 Å². The van der Waals surface area contributed by atoms with Crippen molar-refractivity contribution < 1.29 is 9.47 Å². The van der Waals surface area contributed by atoms with Gasteiger partial charge in [-0.2, -0.15) is 0 Å². The highest BCUT2D eigenvalue weighted by atomic mass is 16.5. The first-order valence-corrected chi connectivity index (χ1v) is 6.89. The third kappa shape index (κ3) is 4.11. The Labute approximate surface area is 115 Å². The van der Waals surface area contributed by atoms with E-state index >= 15 is 0 Å². The molecule has 0 aliphatic carbocycles. The molecule has 2 N–H and O–H groups in total. The molecule has 2 rings (SSSR count). The molecule has 1 heterocycles. The molecule has 0 fully saturated rings. The highest BCUT2D eigenvalue weighted by Crippen LogP contribution is 2.30. The van der Waals surface area contributed by atoms with Gasteiger partial charge in [-0.3, -0.25) is 0 Å². The number of fused-ring (bicyclic) bond motifs is 1. The van der Waals surface area contributed by atoms with Crippen LogP contribution in [0.25, 0.3) is 0 Å². The highest BCUT2D eigenvalue weighted by Gasteiger charge is 2.14. The molecule has 0 radical (unpaired) electrons. The maximum atomic E-state index is 5.69. The number of ether oxygens (including phenoxy) is 2. The van der Waals surface area contributed by atoms with Crippen LogP contribution in [0.1, 0.15) is 25.8 Å². The standard InChI is InChI=1S/C15H24N2O2/c1-15(2,16-3)11-17-10-12-5-6-13-14(9-12)19-8-4-7-18-13/h5-6,9,16-17H,4,7-8,10-11H2,1-3H3. The van der Waals surface area contributed by atoms with Crippen LogP contribution in [-0.2, 0) is 6.54 Å². The average Bonchev–Trinajstić information content (AvgIpc) is 2.63. The van der Waals surface area contributed by atoms with Gasteiger partial charge >= 0.3 is 0 Å². The second-order valence-electron chi connectivity index (χ2n) is 5.57. The van der Waals surface area contributed by atoms with Crippen molar-refractivity contribution in [3.63, 3.8) is 0 Å². The van der Waals surface area contributed by atoms with Crippen molar-refractivity contribution in [1.29, 1.82) is 0 Å². The molecular formula is C15H24N2O2. The molecule has 0 saturated carbocycles. The third-order valence-corrected chi connectivity index (χ3v) is 3.38. The Morgan fingerprint density at radius 2 is 1.89 bits per heavy atom. The van der Waals surface area contributed by atoms with Gasteiger partial charge in [0.15, 0.2) is 11.5 Å². The minimum absolute atomic E-state index is 0.102. The molecule has 106 valence electrons. The number of likely N-dealkylation sites (N-methyl/N-ethyl adjacent to an activating group) is 1. The molecular weight excluding hydrogens is 240 g/mol. The first-order valence-electron chi connectivity index (χ1n) is 6.89. The molecule has 19 heavy (non-hydrogen) atoms. The lowest BCUT2D eigenvalue weighted by atomic mass is 10.1. The zero-order valence-electron chi connectivity index (χ0n) is 12.1. The largest absolute Gasteiger partial charge is 0.490 e. The van der Waals surface area contributed by atoms with Crippen LogP contribution in [0.4, 0.5) is 0 Å². The van der Waals surface area contributed by atoms with Gasteiger partial charge in [-0.1, -0.05) is 6.07 Å². The fraction of sp³-hybridized carbons (Fsp3) is 0.600. The number of hydrogen-bond donors (Lipinski definition) is 2. The molecule has 0 atom stereocenters. The van der Waals surface area contributed by atoms with Gasteiger partial charge in [-0.05, 0) is 38.6 Å². The van der Waals surface area contributed by atoms with Gasteiger partial charge in [0, 0.05) is 25.0 Å². The Kier molecular flexibility index (Phi) is 4.66. The smallest absolute Gasteiger partial charge is 0.161 e. The van der Waals surface area contributed by atoms with E-state index in [9.17, 15) is 0 Å². The lowest BCUT2D eigenvalue weighted by Crippen LogP contribution is -2.45. The van der Waals surface area contributed by atoms with Gasteiger partial charge < -0.3 is 20.1 Å². The summed E-state index contributed by atoms with van der Waals surface area (Å²) in [5.41, 5.74) is 1.32. The fourth-order valence-electron chi connectivity index (χ4n) is 1.93. The lowest BCUT2D eigenvalue weighted by Gasteiger charge is -2.24. The molecule has 0 unspecified atom stereocenters. The minimum atomic E-state index is 0.102. The van der Waals surface area contributed by atoms with Gasteiger partial charge in [0.1, 0.15) is 0 Å². The molecule has 0 aromatic heterocycles. The van der Waals surface area contributed by atoms with Crippen LogP contribution in [0.5, 0.6) is 11.5 Å². The fourth-order valence-corrected chi connectivity index (χ4v) is 1.93. The van der Waals surface area contributed by atoms with E-state index in [-0.39, 0.29) is 5.54 Å². The second kappa shape index (κ2) is 6.26. The van der Waals surface area contributed by atoms with E-state index in [2.05, 4.69) is 36.6 Å². The summed E-state index contributed by atoms with van der Waals surface area (Å²) in [6, 6.07) is 6.16. The molecule has 0 spiro atoms. The Morgan fingerprint density at radius 1 is 1.16 bits per heavy atom. The molecule has 1 aliphatic heterocycles.